The fourth-order valence-corrected chi connectivity index (χ4v) is 12.2. The van der Waals surface area contributed by atoms with Crippen LogP contribution in [0.15, 0.2) is 103 Å². The van der Waals surface area contributed by atoms with Crippen molar-refractivity contribution in [1.29, 1.82) is 0 Å². The maximum Gasteiger partial charge on any atom is 0.491 e. The van der Waals surface area contributed by atoms with Gasteiger partial charge < -0.3 is 54.4 Å². The Labute approximate surface area is 646 Å². The quantitative estimate of drug-likeness (QED) is 0.0100. The van der Waals surface area contributed by atoms with E-state index in [0.717, 1.165) is 33.4 Å². The van der Waals surface area contributed by atoms with E-state index in [-0.39, 0.29) is 57.1 Å². The Kier molecular flexibility index (Phi) is 29.3. The van der Waals surface area contributed by atoms with Crippen LogP contribution in [0.2, 0.25) is 0 Å². The lowest BCUT2D eigenvalue weighted by atomic mass is 9.83. The van der Waals surface area contributed by atoms with E-state index in [0.29, 0.717) is 11.1 Å². The molecule has 0 bridgehead atoms. The number of benzene rings is 8. The smallest absolute Gasteiger partial charge is 0.481 e. The Balaban J connectivity index is 0.000000279. The van der Waals surface area contributed by atoms with Gasteiger partial charge in [-0.1, -0.05) is 97.1 Å². The van der Waals surface area contributed by atoms with Gasteiger partial charge in [-0.2, -0.15) is 43.9 Å². The van der Waals surface area contributed by atoms with Gasteiger partial charge in [0.05, 0.1) is 0 Å². The molecule has 2 aliphatic rings. The molecule has 0 heterocycles. The number of esters is 4. The van der Waals surface area contributed by atoms with Crippen molar-refractivity contribution in [2.75, 3.05) is 13.2 Å². The number of amides is 2. The number of hydrogen-bond donors (Lipinski definition) is 5. The number of halogens is 22. The Morgan fingerprint density at radius 2 is 0.551 bits per heavy atom. The summed E-state index contributed by atoms with van der Waals surface area (Å²) in [6.45, 7) is -0.491. The van der Waals surface area contributed by atoms with E-state index in [1.54, 1.807) is 48.5 Å². The Morgan fingerprint density at radius 1 is 0.314 bits per heavy atom. The van der Waals surface area contributed by atoms with Crippen LogP contribution in [-0.4, -0.2) is 99.8 Å². The second kappa shape index (κ2) is 38.2. The van der Waals surface area contributed by atoms with Gasteiger partial charge >= 0.3 is 60.1 Å². The molecule has 5 N–H and O–H groups in total. The summed E-state index contributed by atoms with van der Waals surface area (Å²) < 4.78 is 324. The van der Waals surface area contributed by atoms with Gasteiger partial charge in [0.15, 0.2) is 17.4 Å². The maximum atomic E-state index is 14.4. The standard InChI is InChI=1S/C43H24F15NO8.C25H27NO8.C8HF7O2/c44-24-27(47)33(53)39(34(54)28(24)48)65-21(60)9-12-43(13-10-22(61)66-40-35(55)29(49)25(45)30(50)36(40)56,14-11-23(62)67-41-37(57)31(51)26(46)32(52)38(41)58)59-42(63)64-15-20-18-7-3-1-5-16(18)17-6-2-4-8-19(17)20;27-21(28)9-12-25(13-10-22(29)30,14-11-23(31)32)26-24(33)34-15-20-18-7-3-1-5-16(18)17-6-2-4-8-19(17)20;9-2-1-3(5(11)6(12)4(2)10)17-7(16)8(13,14)15/h1-8,20H,9-15H2,(H,59,63);1-8,20H,9-15H2,(H,26,33)(H,27,28)(H,29,30)(H,31,32);1H. The minimum atomic E-state index is -5.48. The molecule has 0 saturated heterocycles. The van der Waals surface area contributed by atoms with E-state index >= 15 is 0 Å². The van der Waals surface area contributed by atoms with Crippen molar-refractivity contribution in [2.24, 2.45) is 0 Å². The minimum absolute atomic E-state index is 0.0206. The van der Waals surface area contributed by atoms with Crippen molar-refractivity contribution >= 4 is 54.0 Å². The van der Waals surface area contributed by atoms with Crippen LogP contribution in [0.4, 0.5) is 106 Å². The monoisotopic (exact) mass is 1700 g/mol. The molecule has 0 radical (unpaired) electrons. The van der Waals surface area contributed by atoms with Crippen LogP contribution in [0.25, 0.3) is 22.3 Å². The Hall–Kier alpha value is -13.0. The van der Waals surface area contributed by atoms with Gasteiger partial charge in [0.1, 0.15) is 13.2 Å². The number of rotatable bonds is 28. The van der Waals surface area contributed by atoms with E-state index in [1.165, 1.54) is 0 Å². The zero-order chi connectivity index (χ0) is 87.3. The van der Waals surface area contributed by atoms with Crippen LogP contribution < -0.4 is 29.6 Å². The van der Waals surface area contributed by atoms with Crippen molar-refractivity contribution < 1.29 is 183 Å². The molecule has 0 atom stereocenters. The normalized spacial score (nSPS) is 12.1. The van der Waals surface area contributed by atoms with Crippen molar-refractivity contribution in [1.82, 2.24) is 10.6 Å². The number of fused-ring (bicyclic) bond motifs is 6. The minimum Gasteiger partial charge on any atom is -0.481 e. The second-order valence-corrected chi connectivity index (χ2v) is 25.4. The number of carboxylic acids is 3. The highest BCUT2D eigenvalue weighted by atomic mass is 19.4. The first-order valence-corrected chi connectivity index (χ1v) is 33.6. The molecule has 0 saturated carbocycles. The summed E-state index contributed by atoms with van der Waals surface area (Å²) in [5.74, 6) is -68.9. The molecule has 10 rings (SSSR count). The second-order valence-electron chi connectivity index (χ2n) is 25.4. The molecule has 2 aliphatic carbocycles. The molecular weight excluding hydrogens is 1650 g/mol. The fraction of sp³-hybridized carbons (Fsp3) is 0.250. The summed E-state index contributed by atoms with van der Waals surface area (Å²) in [4.78, 5) is 109. The van der Waals surface area contributed by atoms with Crippen LogP contribution >= 0.6 is 0 Å². The van der Waals surface area contributed by atoms with E-state index in [9.17, 15) is 140 Å². The number of alkyl halides is 3. The third-order valence-corrected chi connectivity index (χ3v) is 18.0. The lowest BCUT2D eigenvalue weighted by molar-refractivity contribution is -0.189. The highest BCUT2D eigenvalue weighted by Crippen LogP contribution is 2.47. The summed E-state index contributed by atoms with van der Waals surface area (Å²) >= 11 is 0. The van der Waals surface area contributed by atoms with E-state index in [1.807, 2.05) is 48.5 Å². The molecule has 0 aliphatic heterocycles. The number of carboxylic acid groups (broad SMARTS) is 3. The molecule has 0 spiro atoms. The molecule has 0 unspecified atom stereocenters. The van der Waals surface area contributed by atoms with Crippen molar-refractivity contribution in [3.05, 3.63) is 236 Å². The van der Waals surface area contributed by atoms with Gasteiger partial charge in [0.2, 0.25) is 116 Å². The third kappa shape index (κ3) is 21.2. The van der Waals surface area contributed by atoms with Crippen molar-refractivity contribution in [3.8, 4) is 45.3 Å². The number of aliphatic carboxylic acids is 3. The van der Waals surface area contributed by atoms with Crippen LogP contribution in [0.5, 0.6) is 23.0 Å². The Bertz CT molecular complexity index is 4830. The molecule has 42 heteroatoms. The van der Waals surface area contributed by atoms with Gasteiger partial charge in [0.25, 0.3) is 0 Å². The molecule has 20 nitrogen and oxygen atoms in total. The number of carbonyl (C=O) groups is 9. The third-order valence-electron chi connectivity index (χ3n) is 18.0. The molecular formula is C76H52F22N2O18. The largest absolute Gasteiger partial charge is 0.491 e. The van der Waals surface area contributed by atoms with Crippen LogP contribution in [0.3, 0.4) is 0 Å². The number of alkyl carbamates (subject to hydrolysis) is 2. The first kappa shape index (κ1) is 90.6. The maximum absolute atomic E-state index is 14.4. The highest BCUT2D eigenvalue weighted by molar-refractivity contribution is 5.82. The molecule has 0 aromatic heterocycles. The predicted octanol–water partition coefficient (Wildman–Crippen LogP) is 17.1. The molecule has 8 aromatic rings. The summed E-state index contributed by atoms with van der Waals surface area (Å²) in [6.07, 6.45) is -16.6. The Morgan fingerprint density at radius 3 is 0.805 bits per heavy atom. The SMILES string of the molecule is O=C(CCC(CCC(=O)Oc1c(F)c(F)c(F)c(F)c1F)(CCC(=O)Oc1c(F)c(F)c(F)c(F)c1F)NC(=O)OCC1c2ccccc2-c2ccccc21)Oc1c(F)c(F)c(F)c(F)c1F.O=C(O)CCC(CCC(=O)O)(CCC(=O)O)NC(=O)OCC1c2ccccc2-c2ccccc21.O=C(Oc1cc(F)c(F)c(F)c1F)C(F)(F)F. The number of carbonyl (C=O) groups excluding carboxylic acids is 6. The first-order chi connectivity index (χ1) is 55.4. The van der Waals surface area contributed by atoms with Gasteiger partial charge in [-0.15, -0.1) is 0 Å². The summed E-state index contributed by atoms with van der Waals surface area (Å²) in [6, 6.07) is 29.1. The van der Waals surface area contributed by atoms with Gasteiger partial charge in [0, 0.05) is 67.5 Å². The fourth-order valence-electron chi connectivity index (χ4n) is 12.2. The lowest BCUT2D eigenvalue weighted by Crippen LogP contribution is -2.50. The van der Waals surface area contributed by atoms with E-state index in [4.69, 9.17) is 24.8 Å². The summed E-state index contributed by atoms with van der Waals surface area (Å²) in [7, 11) is 0. The summed E-state index contributed by atoms with van der Waals surface area (Å²) in [5.41, 5.74) is 3.06. The zero-order valence-corrected chi connectivity index (χ0v) is 59.1. The van der Waals surface area contributed by atoms with E-state index in [2.05, 4.69) is 29.6 Å². The summed E-state index contributed by atoms with van der Waals surface area (Å²) in [5, 5.41) is 32.2. The van der Waals surface area contributed by atoms with Gasteiger partial charge in [-0.3, -0.25) is 28.8 Å². The van der Waals surface area contributed by atoms with Crippen LogP contribution in [-0.2, 0) is 43.0 Å². The lowest BCUT2D eigenvalue weighted by Gasteiger charge is -2.34. The number of hydrogen-bond acceptors (Lipinski definition) is 15. The molecule has 2 amide bonds. The van der Waals surface area contributed by atoms with Crippen molar-refractivity contribution in [2.45, 2.75) is 106 Å². The zero-order valence-electron chi connectivity index (χ0n) is 59.1. The molecule has 118 heavy (non-hydrogen) atoms. The van der Waals surface area contributed by atoms with Crippen LogP contribution in [0, 0.1) is 111 Å². The van der Waals surface area contributed by atoms with Crippen molar-refractivity contribution in [3.63, 3.8) is 0 Å². The first-order valence-electron chi connectivity index (χ1n) is 33.6. The van der Waals surface area contributed by atoms with Crippen LogP contribution in [0.1, 0.15) is 111 Å². The number of nitrogens with one attached hydrogen (secondary N) is 2. The average Bonchev–Trinajstić information content (AvgIpc) is 1.72. The number of ether oxygens (including phenoxy) is 6. The van der Waals surface area contributed by atoms with Gasteiger partial charge in [-0.25, -0.2) is 67.1 Å². The van der Waals surface area contributed by atoms with Gasteiger partial charge in [-0.05, 0) is 83.0 Å². The molecule has 0 fully saturated rings. The molecule has 628 valence electrons. The predicted molar refractivity (Wildman–Crippen MR) is 354 cm³/mol. The van der Waals surface area contributed by atoms with E-state index < -0.39 is 256 Å². The average molecular weight is 1700 g/mol. The topological polar surface area (TPSA) is 294 Å². The highest BCUT2D eigenvalue weighted by Gasteiger charge is 2.44. The molecule has 8 aromatic carbocycles.